The lowest BCUT2D eigenvalue weighted by Gasteiger charge is -2.10. The Bertz CT molecular complexity index is 1140. The Labute approximate surface area is 178 Å². The minimum Gasteiger partial charge on any atom is -0.355 e. The van der Waals surface area contributed by atoms with E-state index in [1.807, 2.05) is 78.9 Å². The number of nitrogens with one attached hydrogen (secondary N) is 2. The van der Waals surface area contributed by atoms with Crippen LogP contribution in [0.1, 0.15) is 12.0 Å². The summed E-state index contributed by atoms with van der Waals surface area (Å²) in [4.78, 5) is 29.1. The van der Waals surface area contributed by atoms with Gasteiger partial charge in [0.1, 0.15) is 5.01 Å². The molecule has 2 amide bonds. The number of rotatable bonds is 7. The van der Waals surface area contributed by atoms with Crippen molar-refractivity contribution in [2.75, 3.05) is 11.9 Å². The Balaban J connectivity index is 1.35. The van der Waals surface area contributed by atoms with E-state index in [0.717, 1.165) is 32.0 Å². The van der Waals surface area contributed by atoms with Gasteiger partial charge in [-0.25, -0.2) is 4.98 Å². The Morgan fingerprint density at radius 3 is 2.40 bits per heavy atom. The highest BCUT2D eigenvalue weighted by atomic mass is 32.1. The molecule has 0 saturated heterocycles. The molecule has 4 rings (SSSR count). The molecule has 30 heavy (non-hydrogen) atoms. The summed E-state index contributed by atoms with van der Waals surface area (Å²) in [6.45, 7) is 0.292. The van der Waals surface area contributed by atoms with Crippen LogP contribution in [0.3, 0.4) is 0 Å². The van der Waals surface area contributed by atoms with Crippen LogP contribution in [0.4, 0.5) is 5.69 Å². The van der Waals surface area contributed by atoms with Crippen molar-refractivity contribution in [1.29, 1.82) is 0 Å². The maximum Gasteiger partial charge on any atom is 0.226 e. The zero-order valence-electron chi connectivity index (χ0n) is 16.3. The Kier molecular flexibility index (Phi) is 6.15. The van der Waals surface area contributed by atoms with E-state index in [4.69, 9.17) is 0 Å². The van der Waals surface area contributed by atoms with Gasteiger partial charge in [0.05, 0.1) is 22.3 Å². The number of benzene rings is 3. The highest BCUT2D eigenvalue weighted by Gasteiger charge is 2.12. The Morgan fingerprint density at radius 1 is 0.833 bits per heavy atom. The average molecular weight is 416 g/mol. The van der Waals surface area contributed by atoms with Gasteiger partial charge in [-0.3, -0.25) is 9.59 Å². The molecule has 0 unspecified atom stereocenters. The lowest BCUT2D eigenvalue weighted by molar-refractivity contribution is -0.120. The second-order valence-electron chi connectivity index (χ2n) is 6.84. The monoisotopic (exact) mass is 415 g/mol. The minimum atomic E-state index is -0.149. The summed E-state index contributed by atoms with van der Waals surface area (Å²) < 4.78 is 1.11. The molecule has 1 aromatic heterocycles. The second-order valence-corrected chi connectivity index (χ2v) is 7.87. The van der Waals surface area contributed by atoms with Gasteiger partial charge in [0.15, 0.2) is 0 Å². The van der Waals surface area contributed by atoms with Crippen LogP contribution in [0.5, 0.6) is 0 Å². The zero-order valence-corrected chi connectivity index (χ0v) is 17.1. The first-order valence-corrected chi connectivity index (χ1v) is 10.6. The van der Waals surface area contributed by atoms with Gasteiger partial charge in [-0.2, -0.15) is 0 Å². The summed E-state index contributed by atoms with van der Waals surface area (Å²) in [7, 11) is 0. The largest absolute Gasteiger partial charge is 0.355 e. The van der Waals surface area contributed by atoms with Gasteiger partial charge in [0.25, 0.3) is 0 Å². The SMILES string of the molecule is O=C(Cc1ccccc1)NCCC(=O)Nc1ccccc1-c1nc2ccccc2s1. The number of para-hydroxylation sites is 2. The van der Waals surface area contributed by atoms with Crippen molar-refractivity contribution in [2.24, 2.45) is 0 Å². The first-order valence-electron chi connectivity index (χ1n) is 9.74. The molecule has 0 aliphatic carbocycles. The van der Waals surface area contributed by atoms with E-state index in [1.54, 1.807) is 11.3 Å². The molecule has 0 aliphatic rings. The van der Waals surface area contributed by atoms with Gasteiger partial charge in [-0.1, -0.05) is 54.6 Å². The van der Waals surface area contributed by atoms with E-state index in [2.05, 4.69) is 15.6 Å². The smallest absolute Gasteiger partial charge is 0.226 e. The molecule has 3 aromatic carbocycles. The molecule has 0 fully saturated rings. The molecule has 0 atom stereocenters. The lowest BCUT2D eigenvalue weighted by Crippen LogP contribution is -2.28. The summed E-state index contributed by atoms with van der Waals surface area (Å²) in [6, 6.07) is 25.1. The predicted molar refractivity (Wildman–Crippen MR) is 121 cm³/mol. The molecular weight excluding hydrogens is 394 g/mol. The number of thiazole rings is 1. The fourth-order valence-electron chi connectivity index (χ4n) is 3.14. The number of hydrogen-bond donors (Lipinski definition) is 2. The maximum absolute atomic E-state index is 12.4. The van der Waals surface area contributed by atoms with Crippen LogP contribution in [0.15, 0.2) is 78.9 Å². The van der Waals surface area contributed by atoms with E-state index in [9.17, 15) is 9.59 Å². The normalized spacial score (nSPS) is 10.7. The van der Waals surface area contributed by atoms with Crippen LogP contribution < -0.4 is 10.6 Å². The number of carbonyl (C=O) groups is 2. The van der Waals surface area contributed by atoms with Gasteiger partial charge in [0, 0.05) is 18.5 Å². The van der Waals surface area contributed by atoms with E-state index >= 15 is 0 Å². The molecule has 0 bridgehead atoms. The fraction of sp³-hybridized carbons (Fsp3) is 0.125. The van der Waals surface area contributed by atoms with Crippen molar-refractivity contribution in [3.63, 3.8) is 0 Å². The second kappa shape index (κ2) is 9.33. The van der Waals surface area contributed by atoms with Crippen molar-refractivity contribution < 1.29 is 9.59 Å². The summed E-state index contributed by atoms with van der Waals surface area (Å²) in [5.41, 5.74) is 3.50. The molecule has 5 nitrogen and oxygen atoms in total. The van der Waals surface area contributed by atoms with Gasteiger partial charge in [0.2, 0.25) is 11.8 Å². The number of hydrogen-bond acceptors (Lipinski definition) is 4. The maximum atomic E-state index is 12.4. The molecule has 1 heterocycles. The third kappa shape index (κ3) is 4.90. The van der Waals surface area contributed by atoms with Crippen LogP contribution in [-0.2, 0) is 16.0 Å². The summed E-state index contributed by atoms with van der Waals surface area (Å²) in [5.74, 6) is -0.243. The summed E-state index contributed by atoms with van der Waals surface area (Å²) >= 11 is 1.59. The van der Waals surface area contributed by atoms with Crippen LogP contribution >= 0.6 is 11.3 Å². The number of fused-ring (bicyclic) bond motifs is 1. The highest BCUT2D eigenvalue weighted by molar-refractivity contribution is 7.21. The van der Waals surface area contributed by atoms with Crippen molar-refractivity contribution >= 4 is 39.1 Å². The number of carbonyl (C=O) groups excluding carboxylic acids is 2. The van der Waals surface area contributed by atoms with Gasteiger partial charge >= 0.3 is 0 Å². The first-order chi connectivity index (χ1) is 14.7. The van der Waals surface area contributed by atoms with Gasteiger partial charge < -0.3 is 10.6 Å². The van der Waals surface area contributed by atoms with Crippen molar-refractivity contribution in [1.82, 2.24) is 10.3 Å². The van der Waals surface area contributed by atoms with Crippen LogP contribution in [-0.4, -0.2) is 23.3 Å². The number of anilines is 1. The van der Waals surface area contributed by atoms with E-state index in [-0.39, 0.29) is 18.2 Å². The predicted octanol–water partition coefficient (Wildman–Crippen LogP) is 4.65. The molecule has 0 spiro atoms. The molecule has 0 aliphatic heterocycles. The molecule has 0 radical (unpaired) electrons. The fourth-order valence-corrected chi connectivity index (χ4v) is 4.14. The third-order valence-electron chi connectivity index (χ3n) is 4.61. The van der Waals surface area contributed by atoms with Gasteiger partial charge in [-0.15, -0.1) is 11.3 Å². The lowest BCUT2D eigenvalue weighted by atomic mass is 10.1. The highest BCUT2D eigenvalue weighted by Crippen LogP contribution is 2.34. The van der Waals surface area contributed by atoms with Crippen LogP contribution in [0.2, 0.25) is 0 Å². The molecule has 0 saturated carbocycles. The third-order valence-corrected chi connectivity index (χ3v) is 5.68. The van der Waals surface area contributed by atoms with Crippen LogP contribution in [0, 0.1) is 0 Å². The quantitative estimate of drug-likeness (QED) is 0.461. The number of nitrogens with zero attached hydrogens (tertiary/aromatic N) is 1. The summed E-state index contributed by atoms with van der Waals surface area (Å²) in [5, 5.41) is 6.62. The van der Waals surface area contributed by atoms with E-state index in [1.165, 1.54) is 0 Å². The number of amides is 2. The number of aromatic nitrogens is 1. The summed E-state index contributed by atoms with van der Waals surface area (Å²) in [6.07, 6.45) is 0.512. The van der Waals surface area contributed by atoms with E-state index < -0.39 is 0 Å². The van der Waals surface area contributed by atoms with Crippen molar-refractivity contribution in [2.45, 2.75) is 12.8 Å². The molecule has 150 valence electrons. The Morgan fingerprint density at radius 2 is 1.57 bits per heavy atom. The molecule has 2 N–H and O–H groups in total. The Hall–Kier alpha value is -3.51. The molecular formula is C24H21N3O2S. The standard InChI is InChI=1S/C24H21N3O2S/c28-22(14-15-25-23(29)16-17-8-2-1-3-9-17)26-19-11-5-4-10-18(19)24-27-20-12-6-7-13-21(20)30-24/h1-13H,14-16H2,(H,25,29)(H,26,28). The minimum absolute atomic E-state index is 0.0936. The van der Waals surface area contributed by atoms with E-state index in [0.29, 0.717) is 13.0 Å². The average Bonchev–Trinajstić information content (AvgIpc) is 3.19. The van der Waals surface area contributed by atoms with Crippen molar-refractivity contribution in [3.8, 4) is 10.6 Å². The molecule has 6 heteroatoms. The first kappa shape index (κ1) is 19.8. The molecule has 4 aromatic rings. The zero-order chi connectivity index (χ0) is 20.8. The van der Waals surface area contributed by atoms with Crippen molar-refractivity contribution in [3.05, 3.63) is 84.4 Å². The van der Waals surface area contributed by atoms with Crippen LogP contribution in [0.25, 0.3) is 20.8 Å². The topological polar surface area (TPSA) is 71.1 Å². The van der Waals surface area contributed by atoms with Gasteiger partial charge in [-0.05, 0) is 29.8 Å².